The predicted octanol–water partition coefficient (Wildman–Crippen LogP) is 1.72. The van der Waals surface area contributed by atoms with Crippen molar-refractivity contribution in [3.8, 4) is 11.5 Å². The minimum absolute atomic E-state index is 0.0387. The lowest BCUT2D eigenvalue weighted by atomic mass is 9.64. The first kappa shape index (κ1) is 18.9. The molecule has 2 saturated heterocycles. The van der Waals surface area contributed by atoms with Gasteiger partial charge in [0.15, 0.2) is 11.5 Å². The Morgan fingerprint density at radius 3 is 2.70 bits per heavy atom. The van der Waals surface area contributed by atoms with Gasteiger partial charge in [0, 0.05) is 17.2 Å². The summed E-state index contributed by atoms with van der Waals surface area (Å²) in [6.45, 7) is 1.08. The molecule has 3 N–H and O–H groups in total. The largest absolute Gasteiger partial charge is 0.493 e. The zero-order chi connectivity index (χ0) is 19.2. The molecule has 3 fully saturated rings. The molecule has 7 heteroatoms. The molecule has 148 valence electrons. The highest BCUT2D eigenvalue weighted by Gasteiger charge is 2.56. The van der Waals surface area contributed by atoms with E-state index in [2.05, 4.69) is 29.4 Å². The van der Waals surface area contributed by atoms with Crippen molar-refractivity contribution in [2.24, 2.45) is 5.73 Å². The van der Waals surface area contributed by atoms with E-state index in [4.69, 9.17) is 15.2 Å². The Hall–Kier alpha value is -1.44. The van der Waals surface area contributed by atoms with Gasteiger partial charge in [-0.15, -0.1) is 11.8 Å². The summed E-state index contributed by atoms with van der Waals surface area (Å²) < 4.78 is 11.0. The molecule has 1 aliphatic carbocycles. The van der Waals surface area contributed by atoms with E-state index in [1.165, 1.54) is 5.56 Å². The maximum atomic E-state index is 11.6. The zero-order valence-corrected chi connectivity index (χ0v) is 17.1. The fourth-order valence-electron chi connectivity index (χ4n) is 5.29. The number of nitrogens with zero attached hydrogens (tertiary/aromatic N) is 1. The van der Waals surface area contributed by atoms with E-state index in [-0.39, 0.29) is 22.2 Å². The number of benzene rings is 1. The minimum atomic E-state index is -0.240. The van der Waals surface area contributed by atoms with Gasteiger partial charge in [-0.3, -0.25) is 10.1 Å². The van der Waals surface area contributed by atoms with E-state index in [0.717, 1.165) is 49.5 Å². The van der Waals surface area contributed by atoms with E-state index in [9.17, 15) is 4.79 Å². The normalized spacial score (nSPS) is 36.0. The number of thioether (sulfide) groups is 1. The average Bonchev–Trinajstić information content (AvgIpc) is 3.24. The van der Waals surface area contributed by atoms with Crippen LogP contribution in [0.1, 0.15) is 31.2 Å². The smallest absolute Gasteiger partial charge is 0.235 e. The molecule has 1 aromatic rings. The van der Waals surface area contributed by atoms with Crippen molar-refractivity contribution in [3.05, 3.63) is 23.8 Å². The fourth-order valence-corrected chi connectivity index (χ4v) is 6.77. The van der Waals surface area contributed by atoms with Crippen molar-refractivity contribution in [1.29, 1.82) is 0 Å². The van der Waals surface area contributed by atoms with Crippen molar-refractivity contribution in [2.45, 2.75) is 48.1 Å². The zero-order valence-electron chi connectivity index (χ0n) is 16.3. The molecule has 1 amide bonds. The summed E-state index contributed by atoms with van der Waals surface area (Å²) in [6, 6.07) is 6.59. The quantitative estimate of drug-likeness (QED) is 0.814. The Bertz CT molecular complexity index is 745. The van der Waals surface area contributed by atoms with Gasteiger partial charge >= 0.3 is 0 Å². The lowest BCUT2D eigenvalue weighted by Crippen LogP contribution is -2.57. The molecule has 2 unspecified atom stereocenters. The summed E-state index contributed by atoms with van der Waals surface area (Å²) >= 11 is 1.88. The Labute approximate surface area is 165 Å². The number of rotatable bonds is 4. The molecule has 0 aromatic heterocycles. The number of carbonyl (C=O) groups excluding carboxylic acids is 1. The van der Waals surface area contributed by atoms with Gasteiger partial charge in [-0.2, -0.15) is 0 Å². The first-order valence-corrected chi connectivity index (χ1v) is 10.6. The molecule has 1 aromatic carbocycles. The number of amides is 1. The van der Waals surface area contributed by atoms with E-state index < -0.39 is 0 Å². The maximum Gasteiger partial charge on any atom is 0.235 e. The number of hydrogen-bond acceptors (Lipinski definition) is 6. The Balaban J connectivity index is 1.65. The van der Waals surface area contributed by atoms with Gasteiger partial charge < -0.3 is 20.1 Å². The van der Waals surface area contributed by atoms with Gasteiger partial charge in [-0.1, -0.05) is 6.07 Å². The Morgan fingerprint density at radius 1 is 1.26 bits per heavy atom. The highest BCUT2D eigenvalue weighted by Crippen LogP contribution is 2.55. The third kappa shape index (κ3) is 3.00. The van der Waals surface area contributed by atoms with Gasteiger partial charge in [0.1, 0.15) is 0 Å². The standard InChI is InChI=1S/C20H29N3O3S/c1-23-9-8-19(13-4-5-15(25-2)16(10-13)26-3)6-7-20(11-17(19)23)22-14(12-27-20)18(21)24/h4-5,10,14,17,22H,6-9,11-12H2,1-3H3,(H2,21,24)/t14?,17-,19-,20?/m0/s1. The summed E-state index contributed by atoms with van der Waals surface area (Å²) in [5.41, 5.74) is 7.00. The van der Waals surface area contributed by atoms with E-state index in [1.807, 2.05) is 17.8 Å². The van der Waals surface area contributed by atoms with Crippen LogP contribution in [0.5, 0.6) is 11.5 Å². The molecule has 0 bridgehead atoms. The summed E-state index contributed by atoms with van der Waals surface area (Å²) in [6.07, 6.45) is 4.29. The second-order valence-corrected chi connectivity index (χ2v) is 9.48. The topological polar surface area (TPSA) is 76.8 Å². The average molecular weight is 392 g/mol. The summed E-state index contributed by atoms with van der Waals surface area (Å²) in [5, 5.41) is 3.57. The molecule has 2 heterocycles. The summed E-state index contributed by atoms with van der Waals surface area (Å²) in [5.74, 6) is 2.09. The second-order valence-electron chi connectivity index (χ2n) is 8.08. The molecule has 3 aliphatic rings. The SMILES string of the molecule is COc1ccc([C@]23CCN(C)[C@H]2CC2(CC3)NC(C(N)=O)CS2)cc1OC. The lowest BCUT2D eigenvalue weighted by molar-refractivity contribution is -0.119. The number of carbonyl (C=O) groups is 1. The number of fused-ring (bicyclic) bond motifs is 1. The van der Waals surface area contributed by atoms with Crippen LogP contribution in [0, 0.1) is 0 Å². The fraction of sp³-hybridized carbons (Fsp3) is 0.650. The molecule has 4 rings (SSSR count). The number of ether oxygens (including phenoxy) is 2. The Kier molecular flexibility index (Phi) is 4.81. The molecule has 1 saturated carbocycles. The van der Waals surface area contributed by atoms with Crippen molar-refractivity contribution >= 4 is 17.7 Å². The van der Waals surface area contributed by atoms with Crippen LogP contribution in [0.3, 0.4) is 0 Å². The van der Waals surface area contributed by atoms with Crippen LogP contribution < -0.4 is 20.5 Å². The number of likely N-dealkylation sites (tertiary alicyclic amines) is 1. The molecule has 6 nitrogen and oxygen atoms in total. The van der Waals surface area contributed by atoms with E-state index in [0.29, 0.717) is 6.04 Å². The van der Waals surface area contributed by atoms with Crippen LogP contribution in [-0.2, 0) is 10.2 Å². The molecular formula is C20H29N3O3S. The van der Waals surface area contributed by atoms with Crippen LogP contribution in [-0.4, -0.2) is 61.3 Å². The predicted molar refractivity (Wildman–Crippen MR) is 107 cm³/mol. The molecule has 27 heavy (non-hydrogen) atoms. The third-order valence-electron chi connectivity index (χ3n) is 6.84. The van der Waals surface area contributed by atoms with Gasteiger partial charge in [-0.25, -0.2) is 0 Å². The van der Waals surface area contributed by atoms with Crippen molar-refractivity contribution < 1.29 is 14.3 Å². The van der Waals surface area contributed by atoms with Crippen LogP contribution in [0.25, 0.3) is 0 Å². The van der Waals surface area contributed by atoms with Gasteiger partial charge in [0.2, 0.25) is 5.91 Å². The van der Waals surface area contributed by atoms with E-state index >= 15 is 0 Å². The number of likely N-dealkylation sites (N-methyl/N-ethyl adjacent to an activating group) is 1. The molecular weight excluding hydrogens is 362 g/mol. The first-order valence-electron chi connectivity index (χ1n) is 9.57. The molecule has 4 atom stereocenters. The number of nitrogens with two attached hydrogens (primary N) is 1. The number of nitrogens with one attached hydrogen (secondary N) is 1. The minimum Gasteiger partial charge on any atom is -0.493 e. The molecule has 1 spiro atoms. The second kappa shape index (κ2) is 6.87. The maximum absolute atomic E-state index is 11.6. The summed E-state index contributed by atoms with van der Waals surface area (Å²) in [7, 11) is 5.58. The van der Waals surface area contributed by atoms with Crippen LogP contribution in [0.4, 0.5) is 0 Å². The number of hydrogen-bond donors (Lipinski definition) is 2. The lowest BCUT2D eigenvalue weighted by Gasteiger charge is -2.49. The van der Waals surface area contributed by atoms with E-state index in [1.54, 1.807) is 14.2 Å². The highest BCUT2D eigenvalue weighted by molar-refractivity contribution is 8.01. The van der Waals surface area contributed by atoms with Gasteiger partial charge in [-0.05, 0) is 57.0 Å². The van der Waals surface area contributed by atoms with Crippen LogP contribution in [0.15, 0.2) is 18.2 Å². The highest BCUT2D eigenvalue weighted by atomic mass is 32.2. The summed E-state index contributed by atoms with van der Waals surface area (Å²) in [4.78, 5) is 14.1. The van der Waals surface area contributed by atoms with Crippen molar-refractivity contribution in [3.63, 3.8) is 0 Å². The van der Waals surface area contributed by atoms with Gasteiger partial charge in [0.05, 0.1) is 25.1 Å². The third-order valence-corrected chi connectivity index (χ3v) is 8.39. The number of primary amides is 1. The number of methoxy groups -OCH3 is 2. The van der Waals surface area contributed by atoms with Gasteiger partial charge in [0.25, 0.3) is 0 Å². The first-order chi connectivity index (χ1) is 12.9. The molecule has 2 aliphatic heterocycles. The van der Waals surface area contributed by atoms with Crippen molar-refractivity contribution in [2.75, 3.05) is 33.6 Å². The van der Waals surface area contributed by atoms with Crippen LogP contribution >= 0.6 is 11.8 Å². The Morgan fingerprint density at radius 2 is 2.04 bits per heavy atom. The monoisotopic (exact) mass is 391 g/mol. The van der Waals surface area contributed by atoms with Crippen molar-refractivity contribution in [1.82, 2.24) is 10.2 Å². The molecule has 0 radical (unpaired) electrons. The van der Waals surface area contributed by atoms with Crippen LogP contribution in [0.2, 0.25) is 0 Å².